The molecule has 0 aliphatic carbocycles. The molecule has 0 aromatic heterocycles. The van der Waals surface area contributed by atoms with Gasteiger partial charge < -0.3 is 14.7 Å². The minimum Gasteiger partial charge on any atom is -0.482 e. The summed E-state index contributed by atoms with van der Waals surface area (Å²) in [5, 5.41) is 9.48. The van der Waals surface area contributed by atoms with Gasteiger partial charge in [-0.15, -0.1) is 0 Å². The van der Waals surface area contributed by atoms with Crippen molar-refractivity contribution in [1.29, 1.82) is 0 Å². The number of benzene rings is 1. The van der Waals surface area contributed by atoms with Crippen LogP contribution in [0, 0.1) is 0 Å². The fraction of sp³-hybridized carbons (Fsp3) is 0.533. The van der Waals surface area contributed by atoms with Gasteiger partial charge in [-0.05, 0) is 25.1 Å². The van der Waals surface area contributed by atoms with Crippen molar-refractivity contribution in [3.8, 4) is 5.75 Å². The van der Waals surface area contributed by atoms with Crippen LogP contribution < -0.4 is 4.74 Å². The molecular formula is C15H21ClN2O3. The smallest absolute Gasteiger partial charge is 0.260 e. The van der Waals surface area contributed by atoms with Gasteiger partial charge in [0.1, 0.15) is 5.75 Å². The molecule has 1 aliphatic rings. The van der Waals surface area contributed by atoms with Crippen molar-refractivity contribution in [3.63, 3.8) is 0 Å². The highest BCUT2D eigenvalue weighted by Gasteiger charge is 2.19. The maximum Gasteiger partial charge on any atom is 0.260 e. The van der Waals surface area contributed by atoms with Crippen molar-refractivity contribution < 1.29 is 14.6 Å². The number of halogens is 1. The summed E-state index contributed by atoms with van der Waals surface area (Å²) in [6, 6.07) is 7.13. The highest BCUT2D eigenvalue weighted by atomic mass is 35.5. The average Bonchev–Trinajstić information content (AvgIpc) is 2.72. The Kier molecular flexibility index (Phi) is 6.29. The monoisotopic (exact) mass is 312 g/mol. The lowest BCUT2D eigenvalue weighted by atomic mass is 10.3. The van der Waals surface area contributed by atoms with Crippen molar-refractivity contribution in [2.24, 2.45) is 0 Å². The Hall–Kier alpha value is -1.30. The number of para-hydroxylation sites is 1. The molecule has 0 bridgehead atoms. The van der Waals surface area contributed by atoms with Crippen LogP contribution >= 0.6 is 11.6 Å². The van der Waals surface area contributed by atoms with E-state index in [1.165, 1.54) is 0 Å². The number of aliphatic hydroxyl groups is 1. The SMILES string of the molecule is O=C(COc1ccccc1Cl)N1CCCN(CCO)CC1. The minimum atomic E-state index is -0.0271. The molecule has 21 heavy (non-hydrogen) atoms. The molecule has 0 spiro atoms. The molecule has 0 saturated carbocycles. The molecule has 1 N–H and O–H groups in total. The number of rotatable bonds is 5. The third-order valence-corrected chi connectivity index (χ3v) is 3.86. The molecule has 1 aliphatic heterocycles. The number of carbonyl (C=O) groups excluding carboxylic acids is 1. The van der Waals surface area contributed by atoms with Crippen LogP contribution in [0.4, 0.5) is 0 Å². The summed E-state index contributed by atoms with van der Waals surface area (Å²) in [6.07, 6.45) is 0.915. The number of hydrogen-bond donors (Lipinski definition) is 1. The molecule has 2 rings (SSSR count). The number of hydrogen-bond acceptors (Lipinski definition) is 4. The number of ether oxygens (including phenoxy) is 1. The van der Waals surface area contributed by atoms with Crippen LogP contribution in [-0.4, -0.2) is 66.8 Å². The quantitative estimate of drug-likeness (QED) is 0.889. The second-order valence-corrected chi connectivity index (χ2v) is 5.43. The van der Waals surface area contributed by atoms with Gasteiger partial charge >= 0.3 is 0 Å². The molecule has 1 amide bonds. The fourth-order valence-corrected chi connectivity index (χ4v) is 2.57. The van der Waals surface area contributed by atoms with Crippen LogP contribution in [-0.2, 0) is 4.79 Å². The van der Waals surface area contributed by atoms with Crippen LogP contribution in [0.15, 0.2) is 24.3 Å². The van der Waals surface area contributed by atoms with Gasteiger partial charge in [-0.1, -0.05) is 23.7 Å². The van der Waals surface area contributed by atoms with Gasteiger partial charge in [-0.25, -0.2) is 0 Å². The zero-order valence-corrected chi connectivity index (χ0v) is 12.8. The van der Waals surface area contributed by atoms with E-state index in [1.54, 1.807) is 12.1 Å². The summed E-state index contributed by atoms with van der Waals surface area (Å²) < 4.78 is 5.49. The first kappa shape index (κ1) is 16.1. The lowest BCUT2D eigenvalue weighted by molar-refractivity contribution is -0.133. The Labute approximate surface area is 130 Å². The number of nitrogens with zero attached hydrogens (tertiary/aromatic N) is 2. The van der Waals surface area contributed by atoms with Crippen LogP contribution in [0.5, 0.6) is 5.75 Å². The van der Waals surface area contributed by atoms with Crippen molar-refractivity contribution in [2.75, 3.05) is 45.9 Å². The summed E-state index contributed by atoms with van der Waals surface area (Å²) in [5.41, 5.74) is 0. The molecule has 1 fully saturated rings. The first-order chi connectivity index (χ1) is 10.2. The molecule has 116 valence electrons. The van der Waals surface area contributed by atoms with Gasteiger partial charge in [0, 0.05) is 26.2 Å². The third kappa shape index (κ3) is 4.88. The normalized spacial score (nSPS) is 16.6. The van der Waals surface area contributed by atoms with E-state index in [0.717, 1.165) is 26.1 Å². The molecule has 6 heteroatoms. The Balaban J connectivity index is 1.82. The highest BCUT2D eigenvalue weighted by molar-refractivity contribution is 6.32. The second-order valence-electron chi connectivity index (χ2n) is 5.02. The minimum absolute atomic E-state index is 0.00370. The number of carbonyl (C=O) groups is 1. The van der Waals surface area contributed by atoms with Gasteiger partial charge in [-0.3, -0.25) is 9.69 Å². The summed E-state index contributed by atoms with van der Waals surface area (Å²) >= 11 is 5.99. The van der Waals surface area contributed by atoms with E-state index in [-0.39, 0.29) is 19.1 Å². The molecule has 0 unspecified atom stereocenters. The van der Waals surface area contributed by atoms with Crippen LogP contribution in [0.2, 0.25) is 5.02 Å². The summed E-state index contributed by atoms with van der Waals surface area (Å²) in [4.78, 5) is 16.2. The van der Waals surface area contributed by atoms with E-state index >= 15 is 0 Å². The second kappa shape index (κ2) is 8.22. The van der Waals surface area contributed by atoms with Crippen LogP contribution in [0.25, 0.3) is 0 Å². The van der Waals surface area contributed by atoms with Gasteiger partial charge in [0.05, 0.1) is 11.6 Å². The van der Waals surface area contributed by atoms with E-state index in [9.17, 15) is 4.79 Å². The molecule has 0 radical (unpaired) electrons. The Morgan fingerprint density at radius 2 is 2.05 bits per heavy atom. The van der Waals surface area contributed by atoms with Crippen molar-refractivity contribution in [3.05, 3.63) is 29.3 Å². The summed E-state index contributed by atoms with van der Waals surface area (Å²) in [6.45, 7) is 3.93. The summed E-state index contributed by atoms with van der Waals surface area (Å²) in [7, 11) is 0. The van der Waals surface area contributed by atoms with Gasteiger partial charge in [0.15, 0.2) is 6.61 Å². The molecule has 1 heterocycles. The third-order valence-electron chi connectivity index (χ3n) is 3.55. The Bertz CT molecular complexity index is 470. The maximum absolute atomic E-state index is 12.2. The van der Waals surface area contributed by atoms with E-state index in [2.05, 4.69) is 4.90 Å². The van der Waals surface area contributed by atoms with Gasteiger partial charge in [0.25, 0.3) is 5.91 Å². The van der Waals surface area contributed by atoms with Crippen molar-refractivity contribution in [2.45, 2.75) is 6.42 Å². The largest absolute Gasteiger partial charge is 0.482 e. The van der Waals surface area contributed by atoms with E-state index in [1.807, 2.05) is 17.0 Å². The van der Waals surface area contributed by atoms with Crippen LogP contribution in [0.1, 0.15) is 6.42 Å². The lowest BCUT2D eigenvalue weighted by Gasteiger charge is -2.21. The molecule has 1 saturated heterocycles. The fourth-order valence-electron chi connectivity index (χ4n) is 2.38. The molecule has 5 nitrogen and oxygen atoms in total. The molecular weight excluding hydrogens is 292 g/mol. The topological polar surface area (TPSA) is 53.0 Å². The standard InChI is InChI=1S/C15H21ClN2O3/c16-13-4-1-2-5-14(13)21-12-15(20)18-7-3-6-17(8-9-18)10-11-19/h1-2,4-5,19H,3,6-12H2. The zero-order valence-electron chi connectivity index (χ0n) is 12.0. The predicted molar refractivity (Wildman–Crippen MR) is 81.7 cm³/mol. The van der Waals surface area contributed by atoms with Gasteiger partial charge in [0.2, 0.25) is 0 Å². The highest BCUT2D eigenvalue weighted by Crippen LogP contribution is 2.23. The van der Waals surface area contributed by atoms with E-state index in [0.29, 0.717) is 23.9 Å². The number of β-amino-alcohol motifs (C(OH)–C–C–N with tert-alkyl or cyclic N) is 1. The summed E-state index contributed by atoms with van der Waals surface area (Å²) in [5.74, 6) is 0.505. The molecule has 1 aromatic rings. The first-order valence-electron chi connectivity index (χ1n) is 7.19. The number of amides is 1. The lowest BCUT2D eigenvalue weighted by Crippen LogP contribution is -2.38. The number of aliphatic hydroxyl groups excluding tert-OH is 1. The first-order valence-corrected chi connectivity index (χ1v) is 7.57. The van der Waals surface area contributed by atoms with Crippen LogP contribution in [0.3, 0.4) is 0 Å². The Morgan fingerprint density at radius 3 is 2.81 bits per heavy atom. The van der Waals surface area contributed by atoms with Crippen molar-refractivity contribution in [1.82, 2.24) is 9.80 Å². The van der Waals surface area contributed by atoms with Gasteiger partial charge in [-0.2, -0.15) is 0 Å². The predicted octanol–water partition coefficient (Wildman–Crippen LogP) is 1.25. The molecule has 1 aromatic carbocycles. The van der Waals surface area contributed by atoms with Crippen molar-refractivity contribution >= 4 is 17.5 Å². The van der Waals surface area contributed by atoms with E-state index < -0.39 is 0 Å². The zero-order chi connectivity index (χ0) is 15.1. The molecule has 0 atom stereocenters. The maximum atomic E-state index is 12.2. The average molecular weight is 313 g/mol. The van der Waals surface area contributed by atoms with E-state index in [4.69, 9.17) is 21.4 Å². The Morgan fingerprint density at radius 1 is 1.24 bits per heavy atom.